The fourth-order valence-electron chi connectivity index (χ4n) is 3.79. The molecule has 0 spiro atoms. The van der Waals surface area contributed by atoms with Crippen LogP contribution in [0.3, 0.4) is 0 Å². The molecule has 0 aliphatic carbocycles. The van der Waals surface area contributed by atoms with Crippen molar-refractivity contribution in [2.24, 2.45) is 5.92 Å². The molecule has 0 aliphatic heterocycles. The van der Waals surface area contributed by atoms with Gasteiger partial charge in [-0.15, -0.1) is 0 Å². The average Bonchev–Trinajstić information content (AvgIpc) is 2.97. The zero-order valence-corrected chi connectivity index (χ0v) is 21.9. The third-order valence-electron chi connectivity index (χ3n) is 6.14. The van der Waals surface area contributed by atoms with Gasteiger partial charge in [0.05, 0.1) is 37.4 Å². The van der Waals surface area contributed by atoms with Crippen LogP contribution in [-0.4, -0.2) is 63.7 Å². The number of benzene rings is 2. The lowest BCUT2D eigenvalue weighted by molar-refractivity contribution is -0.140. The Bertz CT molecular complexity index is 1560. The molecular weight excluding hydrogens is 518 g/mol. The van der Waals surface area contributed by atoms with Gasteiger partial charge in [-0.05, 0) is 42.0 Å². The van der Waals surface area contributed by atoms with E-state index in [1.54, 1.807) is 50.6 Å². The Balaban J connectivity index is 1.61. The average molecular weight is 546 g/mol. The molecule has 0 bridgehead atoms. The summed E-state index contributed by atoms with van der Waals surface area (Å²) in [6.45, 7) is 1.27. The number of ether oxygens (including phenoxy) is 2. The number of nitrogens with one attached hydrogen (secondary N) is 2. The summed E-state index contributed by atoms with van der Waals surface area (Å²) < 4.78 is 10.5. The van der Waals surface area contributed by atoms with Crippen LogP contribution in [0.2, 0.25) is 0 Å². The first-order chi connectivity index (χ1) is 19.2. The second-order valence-electron chi connectivity index (χ2n) is 8.85. The highest BCUT2D eigenvalue weighted by atomic mass is 16.5. The Labute approximate surface area is 229 Å². The van der Waals surface area contributed by atoms with Gasteiger partial charge in [-0.2, -0.15) is 4.98 Å². The summed E-state index contributed by atoms with van der Waals surface area (Å²) in [5, 5.41) is 25.5. The molecule has 4 aromatic rings. The maximum Gasteiger partial charge on any atom is 0.308 e. The number of fused-ring (bicyclic) bond motifs is 1. The first-order valence-corrected chi connectivity index (χ1v) is 12.2. The van der Waals surface area contributed by atoms with E-state index in [-0.39, 0.29) is 12.1 Å². The topological polar surface area (TPSA) is 173 Å². The Kier molecular flexibility index (Phi) is 8.38. The SMILES string of the molecule is COc1ccc([C@H](NC(=O)c2cnc(C(=O)NCC(C)C(=O)O)nc2O)c2ccc3cc(OC)ccc3n2)cc1. The third kappa shape index (κ3) is 6.23. The molecule has 2 heterocycles. The Morgan fingerprint density at radius 2 is 1.62 bits per heavy atom. The lowest BCUT2D eigenvalue weighted by atomic mass is 10.0. The number of aromatic nitrogens is 3. The normalized spacial score (nSPS) is 12.3. The standard InChI is InChI=1S/C28H27N5O7/c1-15(28(37)38)13-30-27(36)24-29-14-20(26(35)33-24)25(34)32-23(16-4-7-18(39-2)8-5-16)22-10-6-17-12-19(40-3)9-11-21(17)31-22/h4-12,14-15,23H,13H2,1-3H3,(H,30,36)(H,32,34)(H,37,38)(H,29,33,35)/t15?,23-/m0/s1. The van der Waals surface area contributed by atoms with E-state index < -0.39 is 41.4 Å². The molecule has 206 valence electrons. The number of carbonyl (C=O) groups is 3. The van der Waals surface area contributed by atoms with Crippen molar-refractivity contribution < 1.29 is 34.1 Å². The molecule has 0 saturated heterocycles. The molecule has 2 amide bonds. The van der Waals surface area contributed by atoms with Gasteiger partial charge in [0.15, 0.2) is 0 Å². The Morgan fingerprint density at radius 1 is 0.925 bits per heavy atom. The number of hydrogen-bond acceptors (Lipinski definition) is 9. The molecule has 2 aromatic carbocycles. The molecule has 4 N–H and O–H groups in total. The number of carboxylic acids is 1. The number of amides is 2. The molecule has 12 heteroatoms. The smallest absolute Gasteiger partial charge is 0.308 e. The van der Waals surface area contributed by atoms with Crippen molar-refractivity contribution in [2.45, 2.75) is 13.0 Å². The maximum atomic E-state index is 13.3. The van der Waals surface area contributed by atoms with E-state index in [0.717, 1.165) is 11.6 Å². The van der Waals surface area contributed by atoms with Gasteiger partial charge in [0.25, 0.3) is 11.8 Å². The largest absolute Gasteiger partial charge is 0.497 e. The summed E-state index contributed by atoms with van der Waals surface area (Å²) in [5.74, 6) is -3.21. The quantitative estimate of drug-likeness (QED) is 0.232. The van der Waals surface area contributed by atoms with Crippen molar-refractivity contribution in [1.29, 1.82) is 0 Å². The van der Waals surface area contributed by atoms with Gasteiger partial charge in [0.2, 0.25) is 11.7 Å². The van der Waals surface area contributed by atoms with E-state index in [2.05, 4.69) is 20.6 Å². The number of aliphatic carboxylic acids is 1. The van der Waals surface area contributed by atoms with Crippen molar-refractivity contribution in [3.05, 3.63) is 83.4 Å². The van der Waals surface area contributed by atoms with Gasteiger partial charge in [-0.1, -0.05) is 25.1 Å². The first kappa shape index (κ1) is 27.8. The van der Waals surface area contributed by atoms with E-state index in [4.69, 9.17) is 19.6 Å². The highest BCUT2D eigenvalue weighted by molar-refractivity contribution is 5.97. The predicted octanol–water partition coefficient (Wildman–Crippen LogP) is 2.72. The summed E-state index contributed by atoms with van der Waals surface area (Å²) in [5.41, 5.74) is 1.64. The van der Waals surface area contributed by atoms with E-state index in [1.807, 2.05) is 18.2 Å². The number of carbonyl (C=O) groups excluding carboxylic acids is 2. The summed E-state index contributed by atoms with van der Waals surface area (Å²) >= 11 is 0. The molecule has 1 unspecified atom stereocenters. The van der Waals surface area contributed by atoms with Gasteiger partial charge in [0.1, 0.15) is 17.1 Å². The summed E-state index contributed by atoms with van der Waals surface area (Å²) in [6, 6.07) is 15.4. The molecule has 4 rings (SSSR count). The van der Waals surface area contributed by atoms with Gasteiger partial charge in [0, 0.05) is 18.1 Å². The highest BCUT2D eigenvalue weighted by Gasteiger charge is 2.24. The fraction of sp³-hybridized carbons (Fsp3) is 0.214. The van der Waals surface area contributed by atoms with Crippen LogP contribution in [0.1, 0.15) is 45.2 Å². The third-order valence-corrected chi connectivity index (χ3v) is 6.14. The Morgan fingerprint density at radius 3 is 2.27 bits per heavy atom. The van der Waals surface area contributed by atoms with Crippen LogP contribution < -0.4 is 20.1 Å². The lowest BCUT2D eigenvalue weighted by Gasteiger charge is -2.20. The lowest BCUT2D eigenvalue weighted by Crippen LogP contribution is -2.33. The predicted molar refractivity (Wildman–Crippen MR) is 143 cm³/mol. The molecule has 0 saturated carbocycles. The van der Waals surface area contributed by atoms with Crippen LogP contribution in [0.5, 0.6) is 17.4 Å². The van der Waals surface area contributed by atoms with Crippen molar-refractivity contribution in [3.8, 4) is 17.4 Å². The number of carboxylic acid groups (broad SMARTS) is 1. The number of pyridine rings is 1. The van der Waals surface area contributed by atoms with Gasteiger partial charge >= 0.3 is 5.97 Å². The molecule has 2 atom stereocenters. The van der Waals surface area contributed by atoms with E-state index in [9.17, 15) is 19.5 Å². The Hall–Kier alpha value is -5.26. The molecule has 0 aliphatic rings. The number of hydrogen-bond donors (Lipinski definition) is 4. The van der Waals surface area contributed by atoms with E-state index in [0.29, 0.717) is 28.3 Å². The van der Waals surface area contributed by atoms with Crippen LogP contribution in [0.4, 0.5) is 0 Å². The number of methoxy groups -OCH3 is 2. The molecule has 12 nitrogen and oxygen atoms in total. The van der Waals surface area contributed by atoms with Crippen molar-refractivity contribution in [3.63, 3.8) is 0 Å². The van der Waals surface area contributed by atoms with Gasteiger partial charge < -0.3 is 30.3 Å². The molecule has 2 aromatic heterocycles. The molecule has 0 radical (unpaired) electrons. The van der Waals surface area contributed by atoms with Crippen LogP contribution in [0.15, 0.2) is 60.8 Å². The number of nitrogens with zero attached hydrogens (tertiary/aromatic N) is 3. The molecular formula is C28H27N5O7. The highest BCUT2D eigenvalue weighted by Crippen LogP contribution is 2.27. The van der Waals surface area contributed by atoms with Crippen LogP contribution in [0.25, 0.3) is 10.9 Å². The van der Waals surface area contributed by atoms with Crippen molar-refractivity contribution in [2.75, 3.05) is 20.8 Å². The zero-order valence-electron chi connectivity index (χ0n) is 21.9. The van der Waals surface area contributed by atoms with E-state index >= 15 is 0 Å². The minimum atomic E-state index is -1.08. The zero-order chi connectivity index (χ0) is 28.8. The van der Waals surface area contributed by atoms with Crippen LogP contribution in [-0.2, 0) is 4.79 Å². The monoisotopic (exact) mass is 545 g/mol. The molecule has 40 heavy (non-hydrogen) atoms. The second-order valence-corrected chi connectivity index (χ2v) is 8.85. The second kappa shape index (κ2) is 12.1. The van der Waals surface area contributed by atoms with Gasteiger partial charge in [-0.3, -0.25) is 19.4 Å². The van der Waals surface area contributed by atoms with Crippen LogP contribution >= 0.6 is 0 Å². The number of aromatic hydroxyl groups is 1. The minimum absolute atomic E-state index is 0.157. The summed E-state index contributed by atoms with van der Waals surface area (Å²) in [4.78, 5) is 48.9. The summed E-state index contributed by atoms with van der Waals surface area (Å²) in [7, 11) is 3.13. The maximum absolute atomic E-state index is 13.3. The van der Waals surface area contributed by atoms with Crippen molar-refractivity contribution >= 4 is 28.7 Å². The minimum Gasteiger partial charge on any atom is -0.497 e. The fourth-order valence-corrected chi connectivity index (χ4v) is 3.79. The van der Waals surface area contributed by atoms with Crippen molar-refractivity contribution in [1.82, 2.24) is 25.6 Å². The molecule has 0 fully saturated rings. The van der Waals surface area contributed by atoms with Crippen LogP contribution in [0, 0.1) is 5.92 Å². The van der Waals surface area contributed by atoms with Gasteiger partial charge in [-0.25, -0.2) is 4.98 Å². The summed E-state index contributed by atoms with van der Waals surface area (Å²) in [6.07, 6.45) is 1.03. The van der Waals surface area contributed by atoms with E-state index in [1.165, 1.54) is 6.92 Å². The number of rotatable bonds is 10. The first-order valence-electron chi connectivity index (χ1n) is 12.2.